The summed E-state index contributed by atoms with van der Waals surface area (Å²) in [6.07, 6.45) is 3.44. The molecule has 0 atom stereocenters. The van der Waals surface area contributed by atoms with Crippen LogP contribution in [0, 0.1) is 5.82 Å². The van der Waals surface area contributed by atoms with E-state index in [2.05, 4.69) is 17.2 Å². The Morgan fingerprint density at radius 1 is 1.50 bits per heavy atom. The number of hydrogen-bond donors (Lipinski definition) is 2. The van der Waals surface area contributed by atoms with Gasteiger partial charge in [0.2, 0.25) is 0 Å². The number of aromatic nitrogens is 1. The molecule has 0 aliphatic carbocycles. The number of anilines is 2. The van der Waals surface area contributed by atoms with Crippen molar-refractivity contribution in [1.29, 1.82) is 0 Å². The van der Waals surface area contributed by atoms with E-state index in [1.807, 2.05) is 0 Å². The van der Waals surface area contributed by atoms with Gasteiger partial charge in [-0.15, -0.1) is 0 Å². The summed E-state index contributed by atoms with van der Waals surface area (Å²) in [5, 5.41) is 4.25. The topological polar surface area (TPSA) is 50.9 Å². The number of halogens is 2. The van der Waals surface area contributed by atoms with Crippen LogP contribution in [0.15, 0.2) is 6.07 Å². The molecule has 1 aromatic carbocycles. The first kappa shape index (κ1) is 13.4. The van der Waals surface area contributed by atoms with Crippen LogP contribution in [0.25, 0.3) is 10.2 Å². The largest absolute Gasteiger partial charge is 0.395 e. The van der Waals surface area contributed by atoms with E-state index in [4.69, 9.17) is 17.3 Å². The zero-order chi connectivity index (χ0) is 13.1. The number of nitrogens with zero attached hydrogens (tertiary/aromatic N) is 1. The third kappa shape index (κ3) is 2.67. The van der Waals surface area contributed by atoms with E-state index in [9.17, 15) is 4.39 Å². The molecular formula is C12H15ClFN3S. The summed E-state index contributed by atoms with van der Waals surface area (Å²) in [7, 11) is 0. The van der Waals surface area contributed by atoms with Gasteiger partial charge in [-0.05, 0) is 12.5 Å². The molecule has 3 nitrogen and oxygen atoms in total. The van der Waals surface area contributed by atoms with Crippen LogP contribution in [0.5, 0.6) is 0 Å². The second-order valence-electron chi connectivity index (χ2n) is 4.08. The molecule has 0 saturated heterocycles. The van der Waals surface area contributed by atoms with Crippen LogP contribution in [0.1, 0.15) is 26.2 Å². The van der Waals surface area contributed by atoms with Crippen LogP contribution in [-0.2, 0) is 0 Å². The maximum absolute atomic E-state index is 13.4. The molecule has 0 fully saturated rings. The molecule has 3 N–H and O–H groups in total. The van der Waals surface area contributed by atoms with Crippen molar-refractivity contribution in [2.75, 3.05) is 17.6 Å². The van der Waals surface area contributed by atoms with E-state index in [-0.39, 0.29) is 5.69 Å². The van der Waals surface area contributed by atoms with Gasteiger partial charge in [0.25, 0.3) is 0 Å². The van der Waals surface area contributed by atoms with Gasteiger partial charge in [0.1, 0.15) is 11.3 Å². The predicted octanol–water partition coefficient (Wildman–Crippen LogP) is 4.27. The number of hydrogen-bond acceptors (Lipinski definition) is 4. The van der Waals surface area contributed by atoms with Gasteiger partial charge in [0.05, 0.1) is 15.4 Å². The van der Waals surface area contributed by atoms with Crippen molar-refractivity contribution in [3.8, 4) is 0 Å². The molecule has 0 bridgehead atoms. The third-order valence-electron chi connectivity index (χ3n) is 2.67. The molecule has 2 aromatic rings. The van der Waals surface area contributed by atoms with Gasteiger partial charge in [0.15, 0.2) is 5.13 Å². The highest BCUT2D eigenvalue weighted by Gasteiger charge is 2.13. The first-order valence-electron chi connectivity index (χ1n) is 5.91. The number of benzene rings is 1. The minimum absolute atomic E-state index is 0.119. The summed E-state index contributed by atoms with van der Waals surface area (Å²) < 4.78 is 14.0. The lowest BCUT2D eigenvalue weighted by atomic mass is 10.2. The summed E-state index contributed by atoms with van der Waals surface area (Å²) >= 11 is 7.29. The van der Waals surface area contributed by atoms with Gasteiger partial charge < -0.3 is 11.1 Å². The average molecular weight is 288 g/mol. The van der Waals surface area contributed by atoms with E-state index < -0.39 is 5.82 Å². The summed E-state index contributed by atoms with van der Waals surface area (Å²) in [5.74, 6) is -0.492. The first-order chi connectivity index (χ1) is 8.63. The van der Waals surface area contributed by atoms with Crippen LogP contribution < -0.4 is 11.1 Å². The molecular weight excluding hydrogens is 273 g/mol. The van der Waals surface area contributed by atoms with Crippen molar-refractivity contribution in [3.05, 3.63) is 16.9 Å². The van der Waals surface area contributed by atoms with Gasteiger partial charge in [-0.1, -0.05) is 42.7 Å². The van der Waals surface area contributed by atoms with Crippen molar-refractivity contribution >= 4 is 44.0 Å². The fourth-order valence-corrected chi connectivity index (χ4v) is 2.93. The second kappa shape index (κ2) is 5.71. The summed E-state index contributed by atoms with van der Waals surface area (Å²) in [5.41, 5.74) is 6.37. The summed E-state index contributed by atoms with van der Waals surface area (Å²) in [6, 6.07) is 1.21. The minimum Gasteiger partial charge on any atom is -0.395 e. The van der Waals surface area contributed by atoms with E-state index in [0.717, 1.165) is 18.1 Å². The maximum atomic E-state index is 13.4. The molecule has 1 heterocycles. The molecule has 0 amide bonds. The van der Waals surface area contributed by atoms with Crippen molar-refractivity contribution in [2.24, 2.45) is 0 Å². The molecule has 18 heavy (non-hydrogen) atoms. The molecule has 0 aliphatic heterocycles. The van der Waals surface area contributed by atoms with E-state index >= 15 is 0 Å². The van der Waals surface area contributed by atoms with Crippen LogP contribution in [0.2, 0.25) is 5.02 Å². The monoisotopic (exact) mass is 287 g/mol. The SMILES string of the molecule is CCCCCNc1nc2c(Cl)cc(F)c(N)c2s1. The summed E-state index contributed by atoms with van der Waals surface area (Å²) in [4.78, 5) is 4.34. The zero-order valence-electron chi connectivity index (χ0n) is 10.1. The van der Waals surface area contributed by atoms with Crippen LogP contribution in [-0.4, -0.2) is 11.5 Å². The van der Waals surface area contributed by atoms with Crippen molar-refractivity contribution in [3.63, 3.8) is 0 Å². The van der Waals surface area contributed by atoms with Crippen LogP contribution in [0.4, 0.5) is 15.2 Å². The number of rotatable bonds is 5. The van der Waals surface area contributed by atoms with Crippen LogP contribution >= 0.6 is 22.9 Å². The smallest absolute Gasteiger partial charge is 0.183 e. The molecule has 0 aliphatic rings. The second-order valence-corrected chi connectivity index (χ2v) is 5.49. The van der Waals surface area contributed by atoms with Crippen molar-refractivity contribution < 1.29 is 4.39 Å². The number of fused-ring (bicyclic) bond motifs is 1. The fraction of sp³-hybridized carbons (Fsp3) is 0.417. The molecule has 0 saturated carbocycles. The van der Waals surface area contributed by atoms with Crippen molar-refractivity contribution in [1.82, 2.24) is 4.98 Å². The number of unbranched alkanes of at least 4 members (excludes halogenated alkanes) is 2. The number of nitrogens with two attached hydrogens (primary N) is 1. The quantitative estimate of drug-likeness (QED) is 0.638. The average Bonchev–Trinajstić information content (AvgIpc) is 2.77. The highest BCUT2D eigenvalue weighted by Crippen LogP contribution is 2.36. The highest BCUT2D eigenvalue weighted by molar-refractivity contribution is 7.22. The Labute approximate surface area is 114 Å². The lowest BCUT2D eigenvalue weighted by Gasteiger charge is -1.99. The molecule has 98 valence electrons. The number of nitrogen functional groups attached to an aromatic ring is 1. The predicted molar refractivity (Wildman–Crippen MR) is 77.0 cm³/mol. The normalized spacial score (nSPS) is 11.1. The Kier molecular flexibility index (Phi) is 4.24. The maximum Gasteiger partial charge on any atom is 0.183 e. The number of thiazole rings is 1. The lowest BCUT2D eigenvalue weighted by Crippen LogP contribution is -2.00. The molecule has 0 unspecified atom stereocenters. The van der Waals surface area contributed by atoms with Gasteiger partial charge in [0, 0.05) is 6.54 Å². The molecule has 0 radical (unpaired) electrons. The van der Waals surface area contributed by atoms with Gasteiger partial charge >= 0.3 is 0 Å². The Morgan fingerprint density at radius 3 is 3.00 bits per heavy atom. The minimum atomic E-state index is -0.492. The molecule has 6 heteroatoms. The standard InChI is InChI=1S/C12H15ClFN3S/c1-2-3-4-5-16-12-17-10-7(13)6-8(14)9(15)11(10)18-12/h6H,2-5,15H2,1H3,(H,16,17). The van der Waals surface area contributed by atoms with E-state index in [1.54, 1.807) is 0 Å². The van der Waals surface area contributed by atoms with E-state index in [0.29, 0.717) is 15.2 Å². The van der Waals surface area contributed by atoms with E-state index in [1.165, 1.54) is 30.2 Å². The van der Waals surface area contributed by atoms with Crippen molar-refractivity contribution in [2.45, 2.75) is 26.2 Å². The third-order valence-corrected chi connectivity index (χ3v) is 4.00. The zero-order valence-corrected chi connectivity index (χ0v) is 11.7. The molecule has 2 rings (SSSR count). The number of nitrogens with one attached hydrogen (secondary N) is 1. The Hall–Kier alpha value is -1.07. The molecule has 0 spiro atoms. The first-order valence-corrected chi connectivity index (χ1v) is 7.10. The highest BCUT2D eigenvalue weighted by atomic mass is 35.5. The van der Waals surface area contributed by atoms with Gasteiger partial charge in [-0.3, -0.25) is 0 Å². The van der Waals surface area contributed by atoms with Gasteiger partial charge in [-0.2, -0.15) is 0 Å². The Bertz CT molecular complexity index is 556. The van der Waals surface area contributed by atoms with Crippen LogP contribution in [0.3, 0.4) is 0 Å². The fourth-order valence-electron chi connectivity index (χ4n) is 1.68. The van der Waals surface area contributed by atoms with Gasteiger partial charge in [-0.25, -0.2) is 9.37 Å². The molecule has 1 aromatic heterocycles. The Balaban J connectivity index is 2.22. The Morgan fingerprint density at radius 2 is 2.28 bits per heavy atom. The lowest BCUT2D eigenvalue weighted by molar-refractivity contribution is 0.634. The summed E-state index contributed by atoms with van der Waals surface area (Å²) in [6.45, 7) is 3.01.